The van der Waals surface area contributed by atoms with Gasteiger partial charge in [-0.2, -0.15) is 0 Å². The van der Waals surface area contributed by atoms with Crippen molar-refractivity contribution in [2.24, 2.45) is 0 Å². The molecule has 1 amide bonds. The first-order chi connectivity index (χ1) is 11.7. The average Bonchev–Trinajstić information content (AvgIpc) is 3.26. The lowest BCUT2D eigenvalue weighted by molar-refractivity contribution is 0.0951. The Morgan fingerprint density at radius 3 is 3.12 bits per heavy atom. The van der Waals surface area contributed by atoms with Crippen molar-refractivity contribution in [3.63, 3.8) is 0 Å². The molecule has 0 fully saturated rings. The molecule has 0 radical (unpaired) electrons. The summed E-state index contributed by atoms with van der Waals surface area (Å²) in [6.07, 6.45) is 4.49. The molecule has 24 heavy (non-hydrogen) atoms. The molecule has 0 saturated heterocycles. The third-order valence-electron chi connectivity index (χ3n) is 4.88. The van der Waals surface area contributed by atoms with Crippen LogP contribution in [0.15, 0.2) is 24.3 Å². The number of carbonyl (C=O) groups is 1. The first-order valence-corrected chi connectivity index (χ1v) is 8.83. The number of nitrogens with one attached hydrogen (secondary N) is 1. The summed E-state index contributed by atoms with van der Waals surface area (Å²) in [7, 11) is 0. The van der Waals surface area contributed by atoms with Gasteiger partial charge in [-0.3, -0.25) is 4.79 Å². The molecule has 6 heteroatoms. The van der Waals surface area contributed by atoms with Crippen LogP contribution in [0.5, 0.6) is 11.5 Å². The number of rotatable bonds is 3. The quantitative estimate of drug-likeness (QED) is 0.899. The van der Waals surface area contributed by atoms with Gasteiger partial charge in [0.15, 0.2) is 11.5 Å². The van der Waals surface area contributed by atoms with Gasteiger partial charge in [0.25, 0.3) is 5.91 Å². The van der Waals surface area contributed by atoms with Crippen molar-refractivity contribution in [2.45, 2.75) is 25.3 Å². The van der Waals surface area contributed by atoms with E-state index in [0.29, 0.717) is 23.0 Å². The molecule has 122 valence electrons. The van der Waals surface area contributed by atoms with Crippen LogP contribution >= 0.6 is 11.3 Å². The summed E-state index contributed by atoms with van der Waals surface area (Å²) in [6, 6.07) is 5.69. The first kappa shape index (κ1) is 13.9. The highest BCUT2D eigenvalue weighted by Crippen LogP contribution is 2.58. The van der Waals surface area contributed by atoms with Crippen LogP contribution in [0.4, 0.5) is 5.00 Å². The minimum absolute atomic E-state index is 0.103. The summed E-state index contributed by atoms with van der Waals surface area (Å²) in [6.45, 7) is 0.682. The standard InChI is InChI=1S/C18H16N2O3S/c19-17-15(14-10-2-1-3-11(10)16(14)24-17)18(21)20-7-9-4-5-12-13(6-9)23-8-22-12/h2,4-6,11H,1,3,7-8,19H2,(H,20,21). The number of hydrogen-bond acceptors (Lipinski definition) is 5. The van der Waals surface area contributed by atoms with Gasteiger partial charge in [-0.15, -0.1) is 11.3 Å². The highest BCUT2D eigenvalue weighted by atomic mass is 32.1. The van der Waals surface area contributed by atoms with E-state index in [1.807, 2.05) is 18.2 Å². The van der Waals surface area contributed by atoms with Gasteiger partial charge in [0.2, 0.25) is 6.79 Å². The molecule has 2 heterocycles. The van der Waals surface area contributed by atoms with Crippen molar-refractivity contribution in [1.29, 1.82) is 0 Å². The molecule has 1 atom stereocenters. The van der Waals surface area contributed by atoms with Crippen LogP contribution in [0, 0.1) is 0 Å². The molecule has 2 aromatic rings. The van der Waals surface area contributed by atoms with E-state index in [2.05, 4.69) is 11.4 Å². The normalized spacial score (nSPS) is 19.3. The van der Waals surface area contributed by atoms with Gasteiger partial charge >= 0.3 is 0 Å². The highest BCUT2D eigenvalue weighted by molar-refractivity contribution is 7.17. The van der Waals surface area contributed by atoms with Crippen molar-refractivity contribution in [1.82, 2.24) is 5.32 Å². The Balaban J connectivity index is 1.36. The van der Waals surface area contributed by atoms with Crippen LogP contribution in [-0.4, -0.2) is 12.7 Å². The number of anilines is 1. The fraction of sp³-hybridized carbons (Fsp3) is 0.278. The third-order valence-corrected chi connectivity index (χ3v) is 6.01. The molecule has 5 nitrogen and oxygen atoms in total. The van der Waals surface area contributed by atoms with Gasteiger partial charge < -0.3 is 20.5 Å². The van der Waals surface area contributed by atoms with Gasteiger partial charge in [0, 0.05) is 22.9 Å². The third kappa shape index (κ3) is 1.89. The summed E-state index contributed by atoms with van der Waals surface area (Å²) < 4.78 is 10.7. The van der Waals surface area contributed by atoms with Crippen molar-refractivity contribution in [3.8, 4) is 11.5 Å². The SMILES string of the molecule is Nc1sc2c(c1C(=O)NCc1ccc3c(c1)OCO3)C1=CCCC12. The van der Waals surface area contributed by atoms with Gasteiger partial charge in [0.1, 0.15) is 0 Å². The van der Waals surface area contributed by atoms with Crippen LogP contribution < -0.4 is 20.5 Å². The molecule has 0 bridgehead atoms. The fourth-order valence-electron chi connectivity index (χ4n) is 3.72. The molecule has 1 aromatic carbocycles. The zero-order valence-corrected chi connectivity index (χ0v) is 13.7. The number of benzene rings is 1. The van der Waals surface area contributed by atoms with Crippen molar-refractivity contribution < 1.29 is 14.3 Å². The minimum Gasteiger partial charge on any atom is -0.454 e. The molecule has 1 aliphatic heterocycles. The molecule has 2 aliphatic carbocycles. The van der Waals surface area contributed by atoms with Gasteiger partial charge in [-0.1, -0.05) is 12.1 Å². The molecule has 3 aliphatic rings. The van der Waals surface area contributed by atoms with Crippen molar-refractivity contribution in [3.05, 3.63) is 45.8 Å². The predicted octanol–water partition coefficient (Wildman–Crippen LogP) is 3.26. The summed E-state index contributed by atoms with van der Waals surface area (Å²) in [5.41, 5.74) is 10.1. The zero-order valence-electron chi connectivity index (χ0n) is 12.9. The number of hydrogen-bond donors (Lipinski definition) is 2. The Morgan fingerprint density at radius 2 is 2.21 bits per heavy atom. The number of amides is 1. The maximum absolute atomic E-state index is 12.7. The molecule has 1 aromatic heterocycles. The zero-order chi connectivity index (χ0) is 16.3. The number of ether oxygens (including phenoxy) is 2. The summed E-state index contributed by atoms with van der Waals surface area (Å²) >= 11 is 1.56. The van der Waals surface area contributed by atoms with E-state index < -0.39 is 0 Å². The highest BCUT2D eigenvalue weighted by Gasteiger charge is 2.41. The second kappa shape index (κ2) is 5.01. The van der Waals surface area contributed by atoms with E-state index in [1.165, 1.54) is 10.5 Å². The van der Waals surface area contributed by atoms with E-state index >= 15 is 0 Å². The van der Waals surface area contributed by atoms with Crippen LogP contribution in [0.3, 0.4) is 0 Å². The van der Waals surface area contributed by atoms with E-state index in [1.54, 1.807) is 11.3 Å². The maximum Gasteiger partial charge on any atom is 0.255 e. The predicted molar refractivity (Wildman–Crippen MR) is 92.4 cm³/mol. The Hall–Kier alpha value is -2.47. The second-order valence-corrected chi connectivity index (χ2v) is 7.32. The van der Waals surface area contributed by atoms with E-state index in [-0.39, 0.29) is 12.7 Å². The number of thiophene rings is 1. The first-order valence-electron chi connectivity index (χ1n) is 8.01. The Labute approximate surface area is 143 Å². The Kier molecular flexibility index (Phi) is 2.91. The van der Waals surface area contributed by atoms with Crippen LogP contribution in [-0.2, 0) is 6.54 Å². The number of nitrogens with two attached hydrogens (primary N) is 1. The lowest BCUT2D eigenvalue weighted by atomic mass is 9.79. The molecule has 0 saturated carbocycles. The molecular formula is C18H16N2O3S. The fourth-order valence-corrected chi connectivity index (χ4v) is 4.96. The smallest absolute Gasteiger partial charge is 0.255 e. The van der Waals surface area contributed by atoms with E-state index in [0.717, 1.165) is 35.5 Å². The molecular weight excluding hydrogens is 324 g/mol. The number of fused-ring (bicyclic) bond motifs is 5. The maximum atomic E-state index is 12.7. The Bertz CT molecular complexity index is 900. The summed E-state index contributed by atoms with van der Waals surface area (Å²) in [5, 5.41) is 3.60. The van der Waals surface area contributed by atoms with Crippen molar-refractivity contribution in [2.75, 3.05) is 12.5 Å². The topological polar surface area (TPSA) is 73.6 Å². The number of allylic oxidation sites excluding steroid dienone is 2. The van der Waals surface area contributed by atoms with Crippen LogP contribution in [0.2, 0.25) is 0 Å². The molecule has 0 spiro atoms. The van der Waals surface area contributed by atoms with Crippen molar-refractivity contribution >= 4 is 27.8 Å². The lowest BCUT2D eigenvalue weighted by Gasteiger charge is -2.26. The number of carbonyl (C=O) groups excluding carboxylic acids is 1. The van der Waals surface area contributed by atoms with Gasteiger partial charge in [0.05, 0.1) is 10.6 Å². The monoisotopic (exact) mass is 340 g/mol. The average molecular weight is 340 g/mol. The largest absolute Gasteiger partial charge is 0.454 e. The second-order valence-electron chi connectivity index (χ2n) is 6.24. The molecule has 1 unspecified atom stereocenters. The number of nitrogen functional groups attached to an aromatic ring is 1. The van der Waals surface area contributed by atoms with Crippen LogP contribution in [0.25, 0.3) is 5.57 Å². The lowest BCUT2D eigenvalue weighted by Crippen LogP contribution is -2.25. The molecule has 5 rings (SSSR count). The van der Waals surface area contributed by atoms with E-state index in [9.17, 15) is 4.79 Å². The van der Waals surface area contributed by atoms with Crippen LogP contribution in [0.1, 0.15) is 45.1 Å². The van der Waals surface area contributed by atoms with Gasteiger partial charge in [-0.25, -0.2) is 0 Å². The summed E-state index contributed by atoms with van der Waals surface area (Å²) in [4.78, 5) is 13.9. The van der Waals surface area contributed by atoms with E-state index in [4.69, 9.17) is 15.2 Å². The minimum atomic E-state index is -0.103. The Morgan fingerprint density at radius 1 is 1.33 bits per heavy atom. The van der Waals surface area contributed by atoms with Gasteiger partial charge in [-0.05, 0) is 36.1 Å². The molecule has 3 N–H and O–H groups in total. The summed E-state index contributed by atoms with van der Waals surface area (Å²) in [5.74, 6) is 1.88.